The molecular formula is C15H23N. The van der Waals surface area contributed by atoms with E-state index >= 15 is 0 Å². The smallest absolute Gasteiger partial charge is 0.0346 e. The third kappa shape index (κ3) is 2.30. The molecule has 1 unspecified atom stereocenters. The van der Waals surface area contributed by atoms with Crippen LogP contribution in [0.3, 0.4) is 0 Å². The van der Waals surface area contributed by atoms with E-state index in [1.165, 1.54) is 30.4 Å². The number of rotatable bonds is 4. The lowest BCUT2D eigenvalue weighted by atomic mass is 9.77. The molecule has 1 heteroatoms. The third-order valence-corrected chi connectivity index (χ3v) is 3.89. The van der Waals surface area contributed by atoms with Gasteiger partial charge in [0.05, 0.1) is 0 Å². The van der Waals surface area contributed by atoms with Gasteiger partial charge >= 0.3 is 0 Å². The molecule has 1 aromatic rings. The van der Waals surface area contributed by atoms with E-state index in [9.17, 15) is 0 Å². The minimum absolute atomic E-state index is 0.565. The third-order valence-electron chi connectivity index (χ3n) is 3.89. The van der Waals surface area contributed by atoms with Crippen LogP contribution in [0.5, 0.6) is 0 Å². The molecule has 0 amide bonds. The first-order chi connectivity index (χ1) is 7.72. The van der Waals surface area contributed by atoms with Crippen LogP contribution in [0.15, 0.2) is 24.3 Å². The molecule has 1 atom stereocenters. The molecule has 88 valence electrons. The summed E-state index contributed by atoms with van der Waals surface area (Å²) in [5, 5.41) is 3.47. The van der Waals surface area contributed by atoms with E-state index in [1.54, 1.807) is 0 Å². The molecule has 1 aliphatic carbocycles. The molecule has 1 aromatic carbocycles. The molecule has 0 bridgehead atoms. The maximum absolute atomic E-state index is 3.47. The van der Waals surface area contributed by atoms with Crippen molar-refractivity contribution in [1.82, 2.24) is 5.32 Å². The van der Waals surface area contributed by atoms with Gasteiger partial charge < -0.3 is 5.32 Å². The summed E-state index contributed by atoms with van der Waals surface area (Å²) in [4.78, 5) is 0. The second kappa shape index (κ2) is 5.01. The van der Waals surface area contributed by atoms with Crippen LogP contribution in [0.25, 0.3) is 0 Å². The molecule has 0 aliphatic heterocycles. The zero-order valence-corrected chi connectivity index (χ0v) is 10.7. The molecule has 1 fully saturated rings. The van der Waals surface area contributed by atoms with Crippen molar-refractivity contribution in [1.29, 1.82) is 0 Å². The Morgan fingerprint density at radius 2 is 1.62 bits per heavy atom. The zero-order chi connectivity index (χ0) is 11.5. The molecule has 0 saturated heterocycles. The highest BCUT2D eigenvalue weighted by Crippen LogP contribution is 2.37. The predicted octanol–water partition coefficient (Wildman–Crippen LogP) is 3.87. The van der Waals surface area contributed by atoms with Crippen LogP contribution in [0, 0.1) is 5.92 Å². The Kier molecular flexibility index (Phi) is 3.65. The standard InChI is InChI=1S/C15H23N/c1-11(2)12-7-9-14(10-8-12)15(16-3)13-5-4-6-13/h7-11,13,15-16H,4-6H2,1-3H3. The highest BCUT2D eigenvalue weighted by atomic mass is 14.9. The van der Waals surface area contributed by atoms with Gasteiger partial charge in [-0.25, -0.2) is 0 Å². The molecule has 0 spiro atoms. The Bertz CT molecular complexity index is 322. The second-order valence-electron chi connectivity index (χ2n) is 5.28. The average Bonchev–Trinajstić information content (AvgIpc) is 2.23. The van der Waals surface area contributed by atoms with Crippen molar-refractivity contribution in [3.63, 3.8) is 0 Å². The van der Waals surface area contributed by atoms with Crippen molar-refractivity contribution >= 4 is 0 Å². The van der Waals surface area contributed by atoms with Gasteiger partial charge in [0.2, 0.25) is 0 Å². The second-order valence-corrected chi connectivity index (χ2v) is 5.28. The van der Waals surface area contributed by atoms with E-state index in [0.717, 1.165) is 5.92 Å². The van der Waals surface area contributed by atoms with Gasteiger partial charge in [-0.05, 0) is 42.9 Å². The van der Waals surface area contributed by atoms with Gasteiger partial charge in [0, 0.05) is 6.04 Å². The number of hydrogen-bond acceptors (Lipinski definition) is 1. The summed E-state index contributed by atoms with van der Waals surface area (Å²) in [5.74, 6) is 1.49. The Morgan fingerprint density at radius 1 is 1.06 bits per heavy atom. The fraction of sp³-hybridized carbons (Fsp3) is 0.600. The van der Waals surface area contributed by atoms with Gasteiger partial charge in [-0.3, -0.25) is 0 Å². The quantitative estimate of drug-likeness (QED) is 0.807. The molecule has 16 heavy (non-hydrogen) atoms. The van der Waals surface area contributed by atoms with E-state index in [1.807, 2.05) is 0 Å². The van der Waals surface area contributed by atoms with Gasteiger partial charge in [-0.15, -0.1) is 0 Å². The van der Waals surface area contributed by atoms with Crippen LogP contribution in [0.1, 0.15) is 56.2 Å². The Morgan fingerprint density at radius 3 is 2.00 bits per heavy atom. The van der Waals surface area contributed by atoms with Crippen LogP contribution >= 0.6 is 0 Å². The zero-order valence-electron chi connectivity index (χ0n) is 10.7. The molecule has 0 aromatic heterocycles. The average molecular weight is 217 g/mol. The summed E-state index contributed by atoms with van der Waals surface area (Å²) in [6.07, 6.45) is 4.18. The summed E-state index contributed by atoms with van der Waals surface area (Å²) in [6.45, 7) is 4.49. The van der Waals surface area contributed by atoms with Crippen molar-refractivity contribution in [2.45, 2.75) is 45.1 Å². The molecule has 1 saturated carbocycles. The predicted molar refractivity (Wildman–Crippen MR) is 69.7 cm³/mol. The molecule has 2 rings (SSSR count). The lowest BCUT2D eigenvalue weighted by Crippen LogP contribution is -2.29. The first kappa shape index (κ1) is 11.7. The number of hydrogen-bond donors (Lipinski definition) is 1. The Labute approximate surface area is 99.3 Å². The summed E-state index contributed by atoms with van der Waals surface area (Å²) in [6, 6.07) is 9.73. The van der Waals surface area contributed by atoms with Crippen LogP contribution in [0.2, 0.25) is 0 Å². The SMILES string of the molecule is CNC(c1ccc(C(C)C)cc1)C1CCC1. The van der Waals surface area contributed by atoms with E-state index in [4.69, 9.17) is 0 Å². The van der Waals surface area contributed by atoms with E-state index in [-0.39, 0.29) is 0 Å². The Balaban J connectivity index is 2.12. The normalized spacial score (nSPS) is 18.5. The van der Waals surface area contributed by atoms with Crippen molar-refractivity contribution in [3.05, 3.63) is 35.4 Å². The summed E-state index contributed by atoms with van der Waals surface area (Å²) < 4.78 is 0. The summed E-state index contributed by atoms with van der Waals surface area (Å²) >= 11 is 0. The largest absolute Gasteiger partial charge is 0.313 e. The van der Waals surface area contributed by atoms with Crippen molar-refractivity contribution in [2.75, 3.05) is 7.05 Å². The number of nitrogens with one attached hydrogen (secondary N) is 1. The summed E-state index contributed by atoms with van der Waals surface area (Å²) in [5.41, 5.74) is 2.89. The van der Waals surface area contributed by atoms with Crippen molar-refractivity contribution in [2.24, 2.45) is 5.92 Å². The summed E-state index contributed by atoms with van der Waals surface area (Å²) in [7, 11) is 2.08. The highest BCUT2D eigenvalue weighted by Gasteiger charge is 2.27. The lowest BCUT2D eigenvalue weighted by molar-refractivity contribution is 0.239. The molecule has 1 nitrogen and oxygen atoms in total. The first-order valence-electron chi connectivity index (χ1n) is 6.49. The van der Waals surface area contributed by atoms with Crippen LogP contribution in [0.4, 0.5) is 0 Å². The maximum atomic E-state index is 3.47. The molecule has 1 N–H and O–H groups in total. The fourth-order valence-electron chi connectivity index (χ4n) is 2.54. The minimum atomic E-state index is 0.565. The van der Waals surface area contributed by atoms with Crippen molar-refractivity contribution < 1.29 is 0 Å². The van der Waals surface area contributed by atoms with Gasteiger partial charge in [-0.2, -0.15) is 0 Å². The monoisotopic (exact) mass is 217 g/mol. The Hall–Kier alpha value is -0.820. The number of benzene rings is 1. The lowest BCUT2D eigenvalue weighted by Gasteiger charge is -2.34. The molecule has 0 radical (unpaired) electrons. The topological polar surface area (TPSA) is 12.0 Å². The van der Waals surface area contributed by atoms with E-state index in [2.05, 4.69) is 50.5 Å². The minimum Gasteiger partial charge on any atom is -0.313 e. The van der Waals surface area contributed by atoms with Gasteiger partial charge in [0.25, 0.3) is 0 Å². The molecule has 1 aliphatic rings. The fourth-order valence-corrected chi connectivity index (χ4v) is 2.54. The van der Waals surface area contributed by atoms with Gasteiger partial charge in [-0.1, -0.05) is 44.5 Å². The first-order valence-corrected chi connectivity index (χ1v) is 6.49. The highest BCUT2D eigenvalue weighted by molar-refractivity contribution is 5.27. The van der Waals surface area contributed by atoms with Crippen molar-refractivity contribution in [3.8, 4) is 0 Å². The molecular weight excluding hydrogens is 194 g/mol. The maximum Gasteiger partial charge on any atom is 0.0346 e. The van der Waals surface area contributed by atoms with Crippen LogP contribution in [-0.2, 0) is 0 Å². The van der Waals surface area contributed by atoms with E-state index < -0.39 is 0 Å². The van der Waals surface area contributed by atoms with Crippen LogP contribution in [-0.4, -0.2) is 7.05 Å². The van der Waals surface area contributed by atoms with Crippen LogP contribution < -0.4 is 5.32 Å². The van der Waals surface area contributed by atoms with E-state index in [0.29, 0.717) is 12.0 Å². The van der Waals surface area contributed by atoms with Gasteiger partial charge in [0.1, 0.15) is 0 Å². The van der Waals surface area contributed by atoms with Gasteiger partial charge in [0.15, 0.2) is 0 Å². The molecule has 0 heterocycles.